The number of H-pyrrole nitrogens is 1. The molecule has 0 aromatic carbocycles. The van der Waals surface area contributed by atoms with Crippen LogP contribution in [0, 0.1) is 0 Å². The molecule has 15 heavy (non-hydrogen) atoms. The average molecular weight is 210 g/mol. The Balaban J connectivity index is 2.75. The molecular weight excluding hydrogens is 192 g/mol. The van der Waals surface area contributed by atoms with E-state index in [2.05, 4.69) is 9.97 Å². The predicted octanol–water partition coefficient (Wildman–Crippen LogP) is 1.82. The Morgan fingerprint density at radius 2 is 2.27 bits per heavy atom. The van der Waals surface area contributed by atoms with E-state index < -0.39 is 0 Å². The average Bonchev–Trinajstić information content (AvgIpc) is 2.17. The molecule has 0 bridgehead atoms. The van der Waals surface area contributed by atoms with Crippen LogP contribution in [0.1, 0.15) is 44.6 Å². The van der Waals surface area contributed by atoms with Crippen LogP contribution in [0.25, 0.3) is 0 Å². The van der Waals surface area contributed by atoms with Crippen molar-refractivity contribution in [2.45, 2.75) is 39.7 Å². The van der Waals surface area contributed by atoms with Crippen molar-refractivity contribution in [3.63, 3.8) is 0 Å². The van der Waals surface area contributed by atoms with Crippen LogP contribution in [-0.4, -0.2) is 16.6 Å². The first-order valence-electron chi connectivity index (χ1n) is 5.31. The lowest BCUT2D eigenvalue weighted by atomic mass is 10.1. The van der Waals surface area contributed by atoms with Gasteiger partial charge in [-0.25, -0.2) is 4.98 Å². The summed E-state index contributed by atoms with van der Waals surface area (Å²) in [6, 6.07) is 1.54. The third-order valence-corrected chi connectivity index (χ3v) is 1.99. The second-order valence-electron chi connectivity index (χ2n) is 3.82. The Morgan fingerprint density at radius 1 is 1.53 bits per heavy atom. The fraction of sp³-hybridized carbons (Fsp3) is 0.636. The van der Waals surface area contributed by atoms with Crippen molar-refractivity contribution in [3.05, 3.63) is 27.9 Å². The molecule has 0 unspecified atom stereocenters. The van der Waals surface area contributed by atoms with Gasteiger partial charge in [0.2, 0.25) is 0 Å². The molecule has 0 spiro atoms. The zero-order valence-electron chi connectivity index (χ0n) is 9.54. The molecule has 0 aliphatic carbocycles. The lowest BCUT2D eigenvalue weighted by Crippen LogP contribution is -2.14. The molecule has 1 aromatic heterocycles. The highest BCUT2D eigenvalue weighted by Crippen LogP contribution is 2.08. The highest BCUT2D eigenvalue weighted by molar-refractivity contribution is 5.06. The molecule has 0 atom stereocenters. The van der Waals surface area contributed by atoms with E-state index in [4.69, 9.17) is 4.74 Å². The lowest BCUT2D eigenvalue weighted by molar-refractivity contribution is 0.115. The van der Waals surface area contributed by atoms with Gasteiger partial charge in [0.1, 0.15) is 12.4 Å². The summed E-state index contributed by atoms with van der Waals surface area (Å²) in [5.41, 5.74) is 0.706. The van der Waals surface area contributed by atoms with E-state index in [-0.39, 0.29) is 11.5 Å². The molecule has 0 radical (unpaired) electrons. The summed E-state index contributed by atoms with van der Waals surface area (Å²) in [5.74, 6) is 0.872. The molecular formula is C11H18N2O2. The van der Waals surface area contributed by atoms with Crippen molar-refractivity contribution in [2.75, 3.05) is 6.61 Å². The summed E-state index contributed by atoms with van der Waals surface area (Å²) in [7, 11) is 0. The maximum Gasteiger partial charge on any atom is 0.251 e. The number of rotatable bonds is 5. The summed E-state index contributed by atoms with van der Waals surface area (Å²) in [6.45, 7) is 7.14. The first-order valence-corrected chi connectivity index (χ1v) is 5.31. The van der Waals surface area contributed by atoms with Gasteiger partial charge in [-0.1, -0.05) is 20.8 Å². The fourth-order valence-electron chi connectivity index (χ4n) is 1.21. The van der Waals surface area contributed by atoms with Crippen LogP contribution in [0.15, 0.2) is 10.9 Å². The van der Waals surface area contributed by atoms with E-state index in [1.165, 1.54) is 6.07 Å². The monoisotopic (exact) mass is 210 g/mol. The first kappa shape index (κ1) is 11.9. The van der Waals surface area contributed by atoms with Gasteiger partial charge in [-0.15, -0.1) is 0 Å². The van der Waals surface area contributed by atoms with Gasteiger partial charge in [0.05, 0.1) is 5.69 Å². The van der Waals surface area contributed by atoms with Crippen LogP contribution in [0.4, 0.5) is 0 Å². The summed E-state index contributed by atoms with van der Waals surface area (Å²) < 4.78 is 5.33. The molecule has 0 aliphatic heterocycles. The molecule has 0 fully saturated rings. The van der Waals surface area contributed by atoms with Crippen LogP contribution in [-0.2, 0) is 11.3 Å². The Labute approximate surface area is 89.7 Å². The third kappa shape index (κ3) is 3.83. The van der Waals surface area contributed by atoms with Gasteiger partial charge in [0.25, 0.3) is 5.56 Å². The van der Waals surface area contributed by atoms with E-state index in [0.29, 0.717) is 19.0 Å². The van der Waals surface area contributed by atoms with E-state index >= 15 is 0 Å². The minimum absolute atomic E-state index is 0.108. The maximum absolute atomic E-state index is 11.3. The number of ether oxygens (including phenoxy) is 1. The second-order valence-corrected chi connectivity index (χ2v) is 3.82. The van der Waals surface area contributed by atoms with Gasteiger partial charge in [-0.05, 0) is 12.3 Å². The Kier molecular flexibility index (Phi) is 4.49. The zero-order valence-corrected chi connectivity index (χ0v) is 9.54. The van der Waals surface area contributed by atoms with Crippen molar-refractivity contribution < 1.29 is 4.74 Å². The molecule has 4 heteroatoms. The molecule has 0 saturated heterocycles. The summed E-state index contributed by atoms with van der Waals surface area (Å²) >= 11 is 0. The van der Waals surface area contributed by atoms with Crippen LogP contribution in [0.3, 0.4) is 0 Å². The van der Waals surface area contributed by atoms with Crippen molar-refractivity contribution in [2.24, 2.45) is 0 Å². The molecule has 84 valence electrons. The van der Waals surface area contributed by atoms with Crippen LogP contribution >= 0.6 is 0 Å². The largest absolute Gasteiger partial charge is 0.374 e. The number of nitrogens with one attached hydrogen (secondary N) is 1. The van der Waals surface area contributed by atoms with Gasteiger partial charge in [0.15, 0.2) is 0 Å². The number of hydrogen-bond acceptors (Lipinski definition) is 3. The summed E-state index contributed by atoms with van der Waals surface area (Å²) in [6.07, 6.45) is 0.966. The molecule has 1 aromatic rings. The number of nitrogens with zero attached hydrogens (tertiary/aromatic N) is 1. The molecule has 1 rings (SSSR count). The van der Waals surface area contributed by atoms with Gasteiger partial charge >= 0.3 is 0 Å². The fourth-order valence-corrected chi connectivity index (χ4v) is 1.21. The Morgan fingerprint density at radius 3 is 2.87 bits per heavy atom. The van der Waals surface area contributed by atoms with E-state index in [9.17, 15) is 4.79 Å². The third-order valence-electron chi connectivity index (χ3n) is 1.99. The standard InChI is InChI=1S/C11H18N2O2/c1-4-5-15-7-10-12-9(8(2)3)6-11(14)13-10/h6,8H,4-5,7H2,1-3H3,(H,12,13,14). The molecule has 0 saturated carbocycles. The minimum atomic E-state index is -0.108. The number of aromatic nitrogens is 2. The van der Waals surface area contributed by atoms with Gasteiger partial charge in [0, 0.05) is 12.7 Å². The van der Waals surface area contributed by atoms with Gasteiger partial charge in [-0.3, -0.25) is 4.79 Å². The molecule has 1 N–H and O–H groups in total. The lowest BCUT2D eigenvalue weighted by Gasteiger charge is -2.06. The highest BCUT2D eigenvalue weighted by Gasteiger charge is 2.04. The van der Waals surface area contributed by atoms with Crippen LogP contribution < -0.4 is 5.56 Å². The smallest absolute Gasteiger partial charge is 0.251 e. The molecule has 0 aliphatic rings. The van der Waals surface area contributed by atoms with Crippen molar-refractivity contribution >= 4 is 0 Å². The quantitative estimate of drug-likeness (QED) is 0.754. The Hall–Kier alpha value is -1.16. The van der Waals surface area contributed by atoms with E-state index in [0.717, 1.165) is 12.1 Å². The van der Waals surface area contributed by atoms with Crippen LogP contribution in [0.5, 0.6) is 0 Å². The topological polar surface area (TPSA) is 55.0 Å². The second kappa shape index (κ2) is 5.66. The predicted molar refractivity (Wildman–Crippen MR) is 58.9 cm³/mol. The van der Waals surface area contributed by atoms with Crippen molar-refractivity contribution in [1.29, 1.82) is 0 Å². The SMILES string of the molecule is CCCOCc1nc(C(C)C)cc(=O)[nH]1. The molecule has 1 heterocycles. The van der Waals surface area contributed by atoms with E-state index in [1.807, 2.05) is 20.8 Å². The zero-order chi connectivity index (χ0) is 11.3. The van der Waals surface area contributed by atoms with Crippen molar-refractivity contribution in [3.8, 4) is 0 Å². The maximum atomic E-state index is 11.3. The molecule has 0 amide bonds. The highest BCUT2D eigenvalue weighted by atomic mass is 16.5. The van der Waals surface area contributed by atoms with Crippen LogP contribution in [0.2, 0.25) is 0 Å². The van der Waals surface area contributed by atoms with E-state index in [1.54, 1.807) is 0 Å². The van der Waals surface area contributed by atoms with Gasteiger partial charge < -0.3 is 9.72 Å². The first-order chi connectivity index (χ1) is 7.13. The normalized spacial score (nSPS) is 10.9. The van der Waals surface area contributed by atoms with Gasteiger partial charge in [-0.2, -0.15) is 0 Å². The summed E-state index contributed by atoms with van der Waals surface area (Å²) in [5, 5.41) is 0. The minimum Gasteiger partial charge on any atom is -0.374 e. The summed E-state index contributed by atoms with van der Waals surface area (Å²) in [4.78, 5) is 18.3. The number of hydrogen-bond donors (Lipinski definition) is 1. The molecule has 4 nitrogen and oxygen atoms in total. The Bertz CT molecular complexity index is 358. The van der Waals surface area contributed by atoms with Crippen molar-refractivity contribution in [1.82, 2.24) is 9.97 Å². The number of aromatic amines is 1.